The lowest BCUT2D eigenvalue weighted by atomic mass is 10.0. The summed E-state index contributed by atoms with van der Waals surface area (Å²) in [5.41, 5.74) is 1.18. The quantitative estimate of drug-likeness (QED) is 0.803. The number of methoxy groups -OCH3 is 2. The predicted molar refractivity (Wildman–Crippen MR) is 65.9 cm³/mol. The van der Waals surface area contributed by atoms with Gasteiger partial charge < -0.3 is 14.8 Å². The zero-order chi connectivity index (χ0) is 12.0. The van der Waals surface area contributed by atoms with E-state index in [1.54, 1.807) is 14.2 Å². The molecule has 16 heavy (non-hydrogen) atoms. The minimum Gasteiger partial charge on any atom is -0.496 e. The first-order chi connectivity index (χ1) is 7.72. The van der Waals surface area contributed by atoms with Gasteiger partial charge in [-0.3, -0.25) is 0 Å². The van der Waals surface area contributed by atoms with Crippen molar-refractivity contribution in [1.29, 1.82) is 0 Å². The maximum atomic E-state index is 5.36. The van der Waals surface area contributed by atoms with Crippen molar-refractivity contribution >= 4 is 0 Å². The van der Waals surface area contributed by atoms with Gasteiger partial charge in [0.1, 0.15) is 5.75 Å². The van der Waals surface area contributed by atoms with Gasteiger partial charge in [0.2, 0.25) is 0 Å². The van der Waals surface area contributed by atoms with Gasteiger partial charge in [0.15, 0.2) is 0 Å². The van der Waals surface area contributed by atoms with Crippen LogP contribution in [0.25, 0.3) is 0 Å². The normalized spacial score (nSPS) is 14.5. The van der Waals surface area contributed by atoms with E-state index in [0.29, 0.717) is 0 Å². The third-order valence-electron chi connectivity index (χ3n) is 2.83. The van der Waals surface area contributed by atoms with Crippen molar-refractivity contribution in [3.63, 3.8) is 0 Å². The highest BCUT2D eigenvalue weighted by Gasteiger charge is 2.16. The second-order valence-corrected chi connectivity index (χ2v) is 3.87. The Balaban J connectivity index is 2.85. The van der Waals surface area contributed by atoms with Crippen LogP contribution in [-0.4, -0.2) is 27.4 Å². The molecule has 0 saturated heterocycles. The molecule has 0 heterocycles. The van der Waals surface area contributed by atoms with Gasteiger partial charge in [-0.15, -0.1) is 0 Å². The fourth-order valence-electron chi connectivity index (χ4n) is 1.78. The molecule has 0 aromatic heterocycles. The highest BCUT2D eigenvalue weighted by Crippen LogP contribution is 2.27. The minimum atomic E-state index is 0.224. The summed E-state index contributed by atoms with van der Waals surface area (Å²) >= 11 is 0. The fraction of sp³-hybridized carbons (Fsp3) is 0.538. The second kappa shape index (κ2) is 6.51. The van der Waals surface area contributed by atoms with Crippen LogP contribution >= 0.6 is 0 Å². The van der Waals surface area contributed by atoms with Crippen molar-refractivity contribution in [3.05, 3.63) is 29.8 Å². The van der Waals surface area contributed by atoms with Crippen LogP contribution in [0.1, 0.15) is 24.9 Å². The molecule has 2 unspecified atom stereocenters. The van der Waals surface area contributed by atoms with E-state index in [1.807, 2.05) is 25.2 Å². The molecule has 0 aliphatic rings. The Morgan fingerprint density at radius 2 is 1.94 bits per heavy atom. The van der Waals surface area contributed by atoms with Crippen molar-refractivity contribution < 1.29 is 9.47 Å². The average Bonchev–Trinajstić information content (AvgIpc) is 2.35. The van der Waals surface area contributed by atoms with E-state index in [9.17, 15) is 0 Å². The van der Waals surface area contributed by atoms with Crippen LogP contribution in [0.15, 0.2) is 24.3 Å². The number of para-hydroxylation sites is 1. The first-order valence-electron chi connectivity index (χ1n) is 5.55. The fourth-order valence-corrected chi connectivity index (χ4v) is 1.78. The maximum absolute atomic E-state index is 5.36. The van der Waals surface area contributed by atoms with E-state index < -0.39 is 0 Å². The molecule has 0 fully saturated rings. The summed E-state index contributed by atoms with van der Waals surface area (Å²) in [6.45, 7) is 2.07. The minimum absolute atomic E-state index is 0.224. The number of benzene rings is 1. The Hall–Kier alpha value is -1.06. The Morgan fingerprint density at radius 3 is 2.50 bits per heavy atom. The molecular weight excluding hydrogens is 202 g/mol. The smallest absolute Gasteiger partial charge is 0.123 e. The molecule has 1 aromatic rings. The van der Waals surface area contributed by atoms with Crippen LogP contribution in [0.4, 0.5) is 0 Å². The van der Waals surface area contributed by atoms with Crippen LogP contribution in [0.2, 0.25) is 0 Å². The zero-order valence-electron chi connectivity index (χ0n) is 10.5. The molecule has 0 spiro atoms. The summed E-state index contributed by atoms with van der Waals surface area (Å²) in [4.78, 5) is 0. The summed E-state index contributed by atoms with van der Waals surface area (Å²) in [5.74, 6) is 0.921. The monoisotopic (exact) mass is 223 g/mol. The van der Waals surface area contributed by atoms with Crippen molar-refractivity contribution in [3.8, 4) is 5.75 Å². The summed E-state index contributed by atoms with van der Waals surface area (Å²) in [6, 6.07) is 8.33. The number of hydrogen-bond acceptors (Lipinski definition) is 3. The lowest BCUT2D eigenvalue weighted by molar-refractivity contribution is 0.101. The molecule has 1 aromatic carbocycles. The average molecular weight is 223 g/mol. The standard InChI is InChI=1S/C13H21NO2/c1-10(15-3)9-12(14-2)11-7-5-6-8-13(11)16-4/h5-8,10,12,14H,9H2,1-4H3. The molecule has 0 bridgehead atoms. The third-order valence-corrected chi connectivity index (χ3v) is 2.83. The van der Waals surface area contributed by atoms with Crippen LogP contribution < -0.4 is 10.1 Å². The number of hydrogen-bond donors (Lipinski definition) is 1. The largest absolute Gasteiger partial charge is 0.496 e. The van der Waals surface area contributed by atoms with E-state index in [-0.39, 0.29) is 12.1 Å². The van der Waals surface area contributed by atoms with Gasteiger partial charge in [-0.05, 0) is 26.5 Å². The first kappa shape index (κ1) is 13.0. The molecule has 2 atom stereocenters. The molecule has 1 rings (SSSR count). The number of ether oxygens (including phenoxy) is 2. The van der Waals surface area contributed by atoms with Crippen LogP contribution in [0.3, 0.4) is 0 Å². The molecule has 90 valence electrons. The Morgan fingerprint density at radius 1 is 1.25 bits per heavy atom. The molecule has 0 amide bonds. The van der Waals surface area contributed by atoms with Crippen molar-refractivity contribution in [2.75, 3.05) is 21.3 Å². The number of nitrogens with one attached hydrogen (secondary N) is 1. The molecule has 3 heteroatoms. The maximum Gasteiger partial charge on any atom is 0.123 e. The Kier molecular flexibility index (Phi) is 5.29. The van der Waals surface area contributed by atoms with Gasteiger partial charge in [0, 0.05) is 18.7 Å². The van der Waals surface area contributed by atoms with Gasteiger partial charge in [-0.2, -0.15) is 0 Å². The van der Waals surface area contributed by atoms with E-state index in [4.69, 9.17) is 9.47 Å². The van der Waals surface area contributed by atoms with Crippen molar-refractivity contribution in [2.24, 2.45) is 0 Å². The second-order valence-electron chi connectivity index (χ2n) is 3.87. The SMILES string of the molecule is CNC(CC(C)OC)c1ccccc1OC. The molecule has 0 radical (unpaired) electrons. The highest BCUT2D eigenvalue weighted by molar-refractivity contribution is 5.35. The van der Waals surface area contributed by atoms with Gasteiger partial charge >= 0.3 is 0 Å². The van der Waals surface area contributed by atoms with Gasteiger partial charge in [0.25, 0.3) is 0 Å². The third kappa shape index (κ3) is 3.22. The molecule has 0 aliphatic carbocycles. The lowest BCUT2D eigenvalue weighted by Gasteiger charge is -2.22. The Bertz CT molecular complexity index is 315. The summed E-state index contributed by atoms with van der Waals surface area (Å²) in [6.07, 6.45) is 1.15. The molecule has 0 aliphatic heterocycles. The van der Waals surface area contributed by atoms with E-state index in [0.717, 1.165) is 12.2 Å². The topological polar surface area (TPSA) is 30.5 Å². The Labute approximate surface area is 97.8 Å². The van der Waals surface area contributed by atoms with Crippen molar-refractivity contribution in [2.45, 2.75) is 25.5 Å². The van der Waals surface area contributed by atoms with Gasteiger partial charge in [-0.1, -0.05) is 18.2 Å². The number of rotatable bonds is 6. The molecule has 0 saturated carbocycles. The van der Waals surface area contributed by atoms with Gasteiger partial charge in [-0.25, -0.2) is 0 Å². The predicted octanol–water partition coefficient (Wildman–Crippen LogP) is 2.38. The van der Waals surface area contributed by atoms with Gasteiger partial charge in [0.05, 0.1) is 13.2 Å². The first-order valence-corrected chi connectivity index (χ1v) is 5.55. The summed E-state index contributed by atoms with van der Waals surface area (Å²) in [7, 11) is 5.39. The summed E-state index contributed by atoms with van der Waals surface area (Å²) in [5, 5.41) is 3.30. The van der Waals surface area contributed by atoms with Crippen molar-refractivity contribution in [1.82, 2.24) is 5.32 Å². The zero-order valence-corrected chi connectivity index (χ0v) is 10.5. The lowest BCUT2D eigenvalue weighted by Crippen LogP contribution is -2.22. The highest BCUT2D eigenvalue weighted by atomic mass is 16.5. The molecule has 1 N–H and O–H groups in total. The molecular formula is C13H21NO2. The van der Waals surface area contributed by atoms with E-state index >= 15 is 0 Å². The van der Waals surface area contributed by atoms with E-state index in [2.05, 4.69) is 18.3 Å². The van der Waals surface area contributed by atoms with Crippen LogP contribution in [0.5, 0.6) is 5.75 Å². The van der Waals surface area contributed by atoms with Crippen LogP contribution in [0, 0.1) is 0 Å². The molecule has 3 nitrogen and oxygen atoms in total. The van der Waals surface area contributed by atoms with E-state index in [1.165, 1.54) is 5.56 Å². The van der Waals surface area contributed by atoms with Crippen LogP contribution in [-0.2, 0) is 4.74 Å². The summed E-state index contributed by atoms with van der Waals surface area (Å²) < 4.78 is 10.7.